The molecule has 0 aliphatic heterocycles. The molecule has 8 rings (SSSR count). The summed E-state index contributed by atoms with van der Waals surface area (Å²) in [4.78, 5) is 69.6. The molecular formula is C55H80N2O8. The van der Waals surface area contributed by atoms with Gasteiger partial charge in [0.2, 0.25) is 5.91 Å². The number of rotatable bonds is 9. The number of benzene rings is 1. The minimum atomic E-state index is -1.07. The van der Waals surface area contributed by atoms with E-state index in [4.69, 9.17) is 14.2 Å². The van der Waals surface area contributed by atoms with Crippen LogP contribution in [-0.4, -0.2) is 52.5 Å². The molecule has 0 saturated heterocycles. The van der Waals surface area contributed by atoms with Gasteiger partial charge in [-0.1, -0.05) is 105 Å². The summed E-state index contributed by atoms with van der Waals surface area (Å²) in [6.07, 6.45) is 10.2. The van der Waals surface area contributed by atoms with Gasteiger partial charge in [-0.25, -0.2) is 4.79 Å². The van der Waals surface area contributed by atoms with E-state index in [9.17, 15) is 24.0 Å². The van der Waals surface area contributed by atoms with Crippen molar-refractivity contribution < 1.29 is 38.2 Å². The summed E-state index contributed by atoms with van der Waals surface area (Å²) in [6, 6.07) is 9.69. The molecule has 6 saturated carbocycles. The van der Waals surface area contributed by atoms with Crippen molar-refractivity contribution in [2.45, 2.75) is 202 Å². The standard InChI is InChI=1S/C55H80N2O8/c1-33(2)42-38(58)31-55(56-46(61)54(24-16-17-25-54)57-47(62)65-48(3,4)5)29-28-52(11)35(43(42)55)20-21-40-51(10)26-23-41(50(8,9)39(51)22-27-53(40,52)12)64-45(60)37-30-36(49(37,6)7)44(59)63-32-34-18-14-13-15-19-34/h13-15,18-19,33,35-37,39-41H,16-17,20-32H2,1-12H3,(H,56,61)(H,57,62)/t35-,36+,37-,39+,40-,41+,51+,52-,53-,55-/m1/s1. The Morgan fingerprint density at radius 1 is 0.738 bits per heavy atom. The molecule has 2 N–H and O–H groups in total. The van der Waals surface area contributed by atoms with Crippen LogP contribution in [0, 0.1) is 62.6 Å². The topological polar surface area (TPSA) is 137 Å². The van der Waals surface area contributed by atoms with E-state index in [2.05, 4.69) is 59.1 Å². The third-order valence-electron chi connectivity index (χ3n) is 19.7. The average molecular weight is 897 g/mol. The first-order valence-corrected chi connectivity index (χ1v) is 25.3. The van der Waals surface area contributed by atoms with Crippen molar-refractivity contribution in [2.75, 3.05) is 0 Å². The number of ketones is 1. The van der Waals surface area contributed by atoms with Crippen molar-refractivity contribution in [3.8, 4) is 0 Å². The smallest absolute Gasteiger partial charge is 0.408 e. The minimum absolute atomic E-state index is 0.0112. The zero-order chi connectivity index (χ0) is 47.3. The quantitative estimate of drug-likeness (QED) is 0.185. The number of hydrogen-bond acceptors (Lipinski definition) is 8. The molecule has 1 aromatic carbocycles. The maximum Gasteiger partial charge on any atom is 0.408 e. The van der Waals surface area contributed by atoms with E-state index in [-0.39, 0.29) is 88.1 Å². The fraction of sp³-hybridized carbons (Fsp3) is 0.764. The molecule has 7 aliphatic rings. The molecule has 10 nitrogen and oxygen atoms in total. The maximum absolute atomic E-state index is 14.8. The Balaban J connectivity index is 0.990. The normalized spacial score (nSPS) is 37.7. The van der Waals surface area contributed by atoms with Crippen LogP contribution in [0.4, 0.5) is 4.79 Å². The van der Waals surface area contributed by atoms with E-state index < -0.39 is 28.2 Å². The molecule has 6 fully saturated rings. The van der Waals surface area contributed by atoms with E-state index in [0.29, 0.717) is 37.5 Å². The highest BCUT2D eigenvalue weighted by Crippen LogP contribution is 2.76. The van der Waals surface area contributed by atoms with Crippen molar-refractivity contribution in [3.05, 3.63) is 47.0 Å². The molecule has 358 valence electrons. The van der Waals surface area contributed by atoms with Gasteiger partial charge in [0.1, 0.15) is 23.9 Å². The van der Waals surface area contributed by atoms with Crippen LogP contribution in [0.1, 0.15) is 179 Å². The molecule has 65 heavy (non-hydrogen) atoms. The van der Waals surface area contributed by atoms with E-state index in [1.807, 2.05) is 65.0 Å². The lowest BCUT2D eigenvalue weighted by molar-refractivity contribution is -0.235. The lowest BCUT2D eigenvalue weighted by atomic mass is 9.33. The second kappa shape index (κ2) is 16.2. The van der Waals surface area contributed by atoms with E-state index in [1.54, 1.807) is 0 Å². The molecule has 0 bridgehead atoms. The van der Waals surface area contributed by atoms with Gasteiger partial charge in [0, 0.05) is 11.8 Å². The van der Waals surface area contributed by atoms with Gasteiger partial charge in [-0.2, -0.15) is 0 Å². The molecule has 10 heteroatoms. The third-order valence-corrected chi connectivity index (χ3v) is 19.7. The number of ether oxygens (including phenoxy) is 3. The van der Waals surface area contributed by atoms with Gasteiger partial charge in [-0.3, -0.25) is 19.2 Å². The molecular weight excluding hydrogens is 817 g/mol. The van der Waals surface area contributed by atoms with Crippen LogP contribution >= 0.6 is 0 Å². The average Bonchev–Trinajstić information content (AvgIpc) is 3.80. The van der Waals surface area contributed by atoms with Crippen LogP contribution in [0.15, 0.2) is 41.5 Å². The number of alkyl carbamates (subject to hydrolysis) is 1. The number of hydrogen-bond donors (Lipinski definition) is 2. The third kappa shape index (κ3) is 7.69. The van der Waals surface area contributed by atoms with Crippen LogP contribution < -0.4 is 10.6 Å². The van der Waals surface area contributed by atoms with Gasteiger partial charge < -0.3 is 24.8 Å². The number of amides is 2. The Labute approximate surface area is 389 Å². The molecule has 0 heterocycles. The first-order valence-electron chi connectivity index (χ1n) is 25.3. The highest BCUT2D eigenvalue weighted by atomic mass is 16.6. The number of allylic oxidation sites excluding steroid dienone is 1. The second-order valence-corrected chi connectivity index (χ2v) is 25.2. The summed E-state index contributed by atoms with van der Waals surface area (Å²) >= 11 is 0. The summed E-state index contributed by atoms with van der Waals surface area (Å²) in [5.74, 6) is -0.189. The largest absolute Gasteiger partial charge is 0.462 e. The zero-order valence-corrected chi connectivity index (χ0v) is 41.8. The van der Waals surface area contributed by atoms with E-state index >= 15 is 0 Å². The van der Waals surface area contributed by atoms with Crippen molar-refractivity contribution in [1.82, 2.24) is 10.6 Å². The summed E-state index contributed by atoms with van der Waals surface area (Å²) < 4.78 is 18.0. The van der Waals surface area contributed by atoms with E-state index in [0.717, 1.165) is 68.9 Å². The Kier molecular flexibility index (Phi) is 11.9. The minimum Gasteiger partial charge on any atom is -0.462 e. The Hall–Kier alpha value is -3.69. The van der Waals surface area contributed by atoms with E-state index in [1.165, 1.54) is 5.57 Å². The molecule has 1 aromatic rings. The SMILES string of the molecule is CC(C)C1=C2[C@H]3CC[C@@H]4[C@@]5(C)CC[C@H](OC(=O)[C@H]6C[C@@H](C(=O)OCc7ccccc7)C6(C)C)C(C)(C)[C@@H]5CC[C@@]4(C)[C@]3(C)CC[C@@]2(NC(=O)C2(NC(=O)OC(C)(C)C)CCCC2)CC1=O. The molecule has 0 spiro atoms. The summed E-state index contributed by atoms with van der Waals surface area (Å²) in [5, 5.41) is 6.60. The van der Waals surface area contributed by atoms with Crippen molar-refractivity contribution in [1.29, 1.82) is 0 Å². The summed E-state index contributed by atoms with van der Waals surface area (Å²) in [6.45, 7) is 26.2. The summed E-state index contributed by atoms with van der Waals surface area (Å²) in [7, 11) is 0. The number of esters is 2. The lowest BCUT2D eigenvalue weighted by Gasteiger charge is -2.72. The van der Waals surface area contributed by atoms with Crippen LogP contribution in [0.5, 0.6) is 0 Å². The first-order chi connectivity index (χ1) is 30.2. The monoisotopic (exact) mass is 897 g/mol. The number of carbonyl (C=O) groups excluding carboxylic acids is 5. The fourth-order valence-corrected chi connectivity index (χ4v) is 15.9. The highest BCUT2D eigenvalue weighted by molar-refractivity contribution is 6.03. The zero-order valence-electron chi connectivity index (χ0n) is 41.8. The Morgan fingerprint density at radius 2 is 1.40 bits per heavy atom. The first kappa shape index (κ1) is 47.8. The Morgan fingerprint density at radius 3 is 2.03 bits per heavy atom. The molecule has 0 aromatic heterocycles. The van der Waals surface area contributed by atoms with Gasteiger partial charge in [0.25, 0.3) is 0 Å². The van der Waals surface area contributed by atoms with Gasteiger partial charge >= 0.3 is 18.0 Å². The summed E-state index contributed by atoms with van der Waals surface area (Å²) in [5.41, 5.74) is -0.375. The van der Waals surface area contributed by atoms with Crippen molar-refractivity contribution in [2.24, 2.45) is 62.6 Å². The second-order valence-electron chi connectivity index (χ2n) is 25.2. The van der Waals surface area contributed by atoms with Crippen molar-refractivity contribution >= 4 is 29.7 Å². The predicted octanol–water partition coefficient (Wildman–Crippen LogP) is 11.0. The molecule has 0 radical (unpaired) electrons. The van der Waals surface area contributed by atoms with Gasteiger partial charge in [0.05, 0.1) is 17.4 Å². The van der Waals surface area contributed by atoms with Crippen LogP contribution in [0.25, 0.3) is 0 Å². The molecule has 10 atom stereocenters. The van der Waals surface area contributed by atoms with Crippen LogP contribution in [0.3, 0.4) is 0 Å². The number of fused-ring (bicyclic) bond motifs is 7. The highest BCUT2D eigenvalue weighted by Gasteiger charge is 2.71. The Bertz CT molecular complexity index is 2110. The molecule has 0 unspecified atom stereocenters. The molecule has 7 aliphatic carbocycles. The van der Waals surface area contributed by atoms with Crippen LogP contribution in [-0.2, 0) is 40.0 Å². The van der Waals surface area contributed by atoms with Gasteiger partial charge in [-0.05, 0) is 153 Å². The number of carbonyl (C=O) groups is 5. The number of Topliss-reactive ketones (excluding diaryl/α,β-unsaturated/α-hetero) is 1. The molecule has 2 amide bonds. The maximum atomic E-state index is 14.8. The van der Waals surface area contributed by atoms with Crippen LogP contribution in [0.2, 0.25) is 0 Å². The predicted molar refractivity (Wildman–Crippen MR) is 250 cm³/mol. The number of nitrogens with one attached hydrogen (secondary N) is 2. The van der Waals surface area contributed by atoms with Gasteiger partial charge in [-0.15, -0.1) is 0 Å². The fourth-order valence-electron chi connectivity index (χ4n) is 15.9. The lowest BCUT2D eigenvalue weighted by Crippen LogP contribution is -2.68. The van der Waals surface area contributed by atoms with Gasteiger partial charge in [0.15, 0.2) is 5.78 Å². The van der Waals surface area contributed by atoms with Crippen molar-refractivity contribution in [3.63, 3.8) is 0 Å².